The summed E-state index contributed by atoms with van der Waals surface area (Å²) >= 11 is 6.07. The molecule has 0 saturated carbocycles. The lowest BCUT2D eigenvalue weighted by molar-refractivity contribution is 0.0788. The monoisotopic (exact) mass is 423 g/mol. The van der Waals surface area contributed by atoms with Gasteiger partial charge in [-0.1, -0.05) is 31.5 Å². The van der Waals surface area contributed by atoms with Crippen LogP contribution in [0.5, 0.6) is 0 Å². The molecule has 2 aromatic rings. The molecule has 28 heavy (non-hydrogen) atoms. The Morgan fingerprint density at radius 2 is 1.71 bits per heavy atom. The predicted molar refractivity (Wildman–Crippen MR) is 118 cm³/mol. The van der Waals surface area contributed by atoms with E-state index in [-0.39, 0.29) is 5.91 Å². The molecule has 0 aliphatic carbocycles. The second-order valence-corrected chi connectivity index (χ2v) is 8.35. The van der Waals surface area contributed by atoms with E-state index in [1.165, 1.54) is 0 Å². The van der Waals surface area contributed by atoms with Crippen LogP contribution in [0.2, 0.25) is 5.02 Å². The Morgan fingerprint density at radius 1 is 1.11 bits per heavy atom. The van der Waals surface area contributed by atoms with Crippen molar-refractivity contribution in [2.24, 2.45) is 7.05 Å². The van der Waals surface area contributed by atoms with Crippen LogP contribution in [0, 0.1) is 20.8 Å². The van der Waals surface area contributed by atoms with Gasteiger partial charge in [0.1, 0.15) is 0 Å². The molecule has 1 saturated heterocycles. The smallest absolute Gasteiger partial charge is 0.256 e. The lowest BCUT2D eigenvalue weighted by atomic mass is 10.2. The lowest BCUT2D eigenvalue weighted by Crippen LogP contribution is -2.29. The first-order chi connectivity index (χ1) is 13.3. The summed E-state index contributed by atoms with van der Waals surface area (Å²) < 4.78 is 18.1. The van der Waals surface area contributed by atoms with Crippen molar-refractivity contribution in [1.29, 1.82) is 0 Å². The van der Waals surface area contributed by atoms with E-state index in [0.29, 0.717) is 21.2 Å². The summed E-state index contributed by atoms with van der Waals surface area (Å²) in [6.45, 7) is 11.3. The van der Waals surface area contributed by atoms with Crippen molar-refractivity contribution < 1.29 is 9.00 Å². The first-order valence-electron chi connectivity index (χ1n) is 9.71. The number of carbonyl (C=O) groups is 1. The van der Waals surface area contributed by atoms with Crippen LogP contribution < -0.4 is 4.72 Å². The summed E-state index contributed by atoms with van der Waals surface area (Å²) in [5.74, 6) is -0.0309. The average Bonchev–Trinajstić information content (AvgIpc) is 3.29. The molecule has 0 spiro atoms. The number of nitrogens with one attached hydrogen (secondary N) is 1. The predicted octanol–water partition coefficient (Wildman–Crippen LogP) is 5.00. The number of aryl methyl sites for hydroxylation is 1. The van der Waals surface area contributed by atoms with Crippen LogP contribution in [0.3, 0.4) is 0 Å². The molecule has 1 N–H and O–H groups in total. The summed E-state index contributed by atoms with van der Waals surface area (Å²) in [6.07, 6.45) is 2.05. The van der Waals surface area contributed by atoms with E-state index >= 15 is 0 Å². The van der Waals surface area contributed by atoms with Gasteiger partial charge in [-0.3, -0.25) is 4.79 Å². The molecule has 3 rings (SSSR count). The molecule has 0 bridgehead atoms. The van der Waals surface area contributed by atoms with E-state index in [1.54, 1.807) is 12.1 Å². The van der Waals surface area contributed by atoms with Gasteiger partial charge in [-0.25, -0.2) is 4.21 Å². The Kier molecular flexibility index (Phi) is 7.72. The van der Waals surface area contributed by atoms with Crippen LogP contribution in [0.1, 0.15) is 54.0 Å². The number of hydrogen-bond donors (Lipinski definition) is 1. The maximum atomic E-state index is 13.2. The van der Waals surface area contributed by atoms with E-state index < -0.39 is 11.0 Å². The first kappa shape index (κ1) is 22.5. The van der Waals surface area contributed by atoms with Crippen molar-refractivity contribution in [2.75, 3.05) is 17.8 Å². The first-order valence-corrected chi connectivity index (χ1v) is 11.2. The number of carbonyl (C=O) groups excluding carboxylic acids is 1. The highest BCUT2D eigenvalue weighted by Crippen LogP contribution is 2.29. The van der Waals surface area contributed by atoms with Crippen LogP contribution in [0.4, 0.5) is 5.69 Å². The number of benzene rings is 1. The highest BCUT2D eigenvalue weighted by molar-refractivity contribution is 7.86. The number of aromatic nitrogens is 1. The third-order valence-corrected chi connectivity index (χ3v) is 6.63. The second kappa shape index (κ2) is 9.61. The number of halogens is 1. The minimum absolute atomic E-state index is 0.0309. The van der Waals surface area contributed by atoms with Crippen LogP contribution in [0.15, 0.2) is 23.1 Å². The molecule has 1 aliphatic heterocycles. The molecule has 0 radical (unpaired) electrons. The van der Waals surface area contributed by atoms with Crippen LogP contribution in [-0.2, 0) is 18.0 Å². The molecule has 1 aromatic heterocycles. The van der Waals surface area contributed by atoms with Crippen molar-refractivity contribution in [2.45, 2.75) is 52.4 Å². The number of anilines is 1. The van der Waals surface area contributed by atoms with Gasteiger partial charge in [-0.05, 0) is 51.3 Å². The third-order valence-electron chi connectivity index (χ3n) is 5.12. The topological polar surface area (TPSA) is 54.3 Å². The SMILES string of the molecule is CC.Cc1ccc(Cl)cc1NS(=O)c1c(C(=O)N2CCCC2)c(C)n(C)c1C. The fourth-order valence-electron chi connectivity index (χ4n) is 3.33. The Hall–Kier alpha value is -1.79. The van der Waals surface area contributed by atoms with Gasteiger partial charge in [-0.2, -0.15) is 0 Å². The van der Waals surface area contributed by atoms with Gasteiger partial charge in [0.25, 0.3) is 5.91 Å². The van der Waals surface area contributed by atoms with Gasteiger partial charge in [0.15, 0.2) is 11.0 Å². The number of rotatable bonds is 4. The fraction of sp³-hybridized carbons (Fsp3) is 0.476. The van der Waals surface area contributed by atoms with Crippen molar-refractivity contribution >= 4 is 34.2 Å². The molecule has 1 amide bonds. The molecule has 1 aromatic carbocycles. The van der Waals surface area contributed by atoms with E-state index in [2.05, 4.69) is 4.72 Å². The zero-order valence-electron chi connectivity index (χ0n) is 17.6. The zero-order valence-corrected chi connectivity index (χ0v) is 19.1. The van der Waals surface area contributed by atoms with Gasteiger partial charge >= 0.3 is 0 Å². The molecule has 1 atom stereocenters. The summed E-state index contributed by atoms with van der Waals surface area (Å²) in [5, 5.41) is 0.574. The normalized spacial score (nSPS) is 14.5. The lowest BCUT2D eigenvalue weighted by Gasteiger charge is -2.17. The van der Waals surface area contributed by atoms with Crippen LogP contribution in [0.25, 0.3) is 0 Å². The molecule has 1 unspecified atom stereocenters. The summed E-state index contributed by atoms with van der Waals surface area (Å²) in [7, 11) is 0.336. The van der Waals surface area contributed by atoms with Crippen molar-refractivity contribution in [3.05, 3.63) is 45.7 Å². The minimum Gasteiger partial charge on any atom is -0.350 e. The summed E-state index contributed by atoms with van der Waals surface area (Å²) in [5.41, 5.74) is 3.87. The quantitative estimate of drug-likeness (QED) is 0.752. The van der Waals surface area contributed by atoms with E-state index in [0.717, 1.165) is 42.9 Å². The van der Waals surface area contributed by atoms with Gasteiger partial charge in [0, 0.05) is 36.5 Å². The van der Waals surface area contributed by atoms with Crippen LogP contribution in [-0.4, -0.2) is 32.7 Å². The number of nitrogens with zero attached hydrogens (tertiary/aromatic N) is 2. The maximum Gasteiger partial charge on any atom is 0.256 e. The molecular formula is C21H30ClN3O2S. The Labute approximate surface area is 175 Å². The summed E-state index contributed by atoms with van der Waals surface area (Å²) in [4.78, 5) is 15.5. The third kappa shape index (κ3) is 4.44. The molecule has 154 valence electrons. The Bertz CT molecular complexity index is 886. The van der Waals surface area contributed by atoms with Crippen molar-refractivity contribution in [3.8, 4) is 0 Å². The highest BCUT2D eigenvalue weighted by atomic mass is 35.5. The molecule has 5 nitrogen and oxygen atoms in total. The average molecular weight is 424 g/mol. The highest BCUT2D eigenvalue weighted by Gasteiger charge is 2.30. The molecule has 1 aliphatic rings. The molecule has 1 fully saturated rings. The maximum absolute atomic E-state index is 13.2. The largest absolute Gasteiger partial charge is 0.350 e. The Balaban J connectivity index is 0.00000136. The molecule has 2 heterocycles. The number of likely N-dealkylation sites (tertiary alicyclic amines) is 1. The van der Waals surface area contributed by atoms with E-state index in [4.69, 9.17) is 11.6 Å². The summed E-state index contributed by atoms with van der Waals surface area (Å²) in [6, 6.07) is 5.42. The van der Waals surface area contributed by atoms with E-state index in [1.807, 2.05) is 57.2 Å². The zero-order chi connectivity index (χ0) is 21.0. The van der Waals surface area contributed by atoms with Gasteiger partial charge in [0.2, 0.25) is 0 Å². The molecule has 7 heteroatoms. The fourth-order valence-corrected chi connectivity index (χ4v) is 4.85. The standard InChI is InChI=1S/C19H24ClN3O2S.C2H6/c1-12-7-8-15(20)11-16(12)21-26(25)18-14(3)22(4)13(2)17(18)19(24)23-9-5-6-10-23;1-2/h7-8,11,21H,5-6,9-10H2,1-4H3;1-2H3. The second-order valence-electron chi connectivity index (χ2n) is 6.76. The van der Waals surface area contributed by atoms with Crippen molar-refractivity contribution in [3.63, 3.8) is 0 Å². The molecular weight excluding hydrogens is 394 g/mol. The number of hydrogen-bond acceptors (Lipinski definition) is 2. The van der Waals surface area contributed by atoms with E-state index in [9.17, 15) is 9.00 Å². The van der Waals surface area contributed by atoms with Gasteiger partial charge in [0.05, 0.1) is 16.1 Å². The minimum atomic E-state index is -1.56. The van der Waals surface area contributed by atoms with Gasteiger partial charge < -0.3 is 14.2 Å². The van der Waals surface area contributed by atoms with Gasteiger partial charge in [-0.15, -0.1) is 0 Å². The van der Waals surface area contributed by atoms with Crippen molar-refractivity contribution in [1.82, 2.24) is 9.47 Å². The Morgan fingerprint density at radius 3 is 2.32 bits per heavy atom. The van der Waals surface area contributed by atoms with Crippen LogP contribution >= 0.6 is 11.6 Å². The number of amides is 1.